The number of aryl methyl sites for hydroxylation is 2. The van der Waals surface area contributed by atoms with Crippen molar-refractivity contribution in [2.45, 2.75) is 19.3 Å². The second kappa shape index (κ2) is 9.41. The van der Waals surface area contributed by atoms with E-state index in [9.17, 15) is 14.3 Å². The van der Waals surface area contributed by atoms with Crippen LogP contribution >= 0.6 is 0 Å². The maximum absolute atomic E-state index is 13.7. The van der Waals surface area contributed by atoms with E-state index < -0.39 is 0 Å². The highest BCUT2D eigenvalue weighted by molar-refractivity contribution is 5.91. The number of halogens is 1. The number of benzene rings is 2. The SMILES string of the molecule is Cn1ccc(=NC(=O)Cc2ccc3c(c2)CCCO3)c2c1-c1c(O)[nH]c3c1=C(C=C2)N(c1ccc(F)cc1)CC=3. The molecule has 0 saturated carbocycles. The maximum atomic E-state index is 13.7. The first-order valence-electron chi connectivity index (χ1n) is 13.3. The summed E-state index contributed by atoms with van der Waals surface area (Å²) in [4.78, 5) is 22.9. The van der Waals surface area contributed by atoms with E-state index in [1.54, 1.807) is 12.1 Å². The van der Waals surface area contributed by atoms with Crippen molar-refractivity contribution >= 4 is 29.4 Å². The van der Waals surface area contributed by atoms with Crippen LogP contribution in [0.4, 0.5) is 10.1 Å². The Morgan fingerprint density at radius 2 is 2.00 bits per heavy atom. The number of aromatic hydroxyl groups is 1. The molecule has 0 unspecified atom stereocenters. The largest absolute Gasteiger partial charge is 0.494 e. The van der Waals surface area contributed by atoms with Crippen molar-refractivity contribution < 1.29 is 19.0 Å². The molecule has 0 atom stereocenters. The summed E-state index contributed by atoms with van der Waals surface area (Å²) in [5.41, 5.74) is 5.84. The molecular formula is C32H27FN4O3. The van der Waals surface area contributed by atoms with Gasteiger partial charge in [0.05, 0.1) is 35.3 Å². The van der Waals surface area contributed by atoms with Crippen molar-refractivity contribution in [2.75, 3.05) is 18.1 Å². The molecule has 8 heteroatoms. The first kappa shape index (κ1) is 24.2. The van der Waals surface area contributed by atoms with Crippen LogP contribution in [-0.2, 0) is 24.7 Å². The van der Waals surface area contributed by atoms with E-state index in [0.717, 1.165) is 69.5 Å². The number of carbonyl (C=O) groups excluding carboxylic acids is 1. The summed E-state index contributed by atoms with van der Waals surface area (Å²) in [6.45, 7) is 1.27. The lowest BCUT2D eigenvalue weighted by atomic mass is 10.0. The summed E-state index contributed by atoms with van der Waals surface area (Å²) in [5, 5.41) is 13.3. The van der Waals surface area contributed by atoms with Crippen LogP contribution in [0.2, 0.25) is 0 Å². The Hall–Kier alpha value is -4.85. The lowest BCUT2D eigenvalue weighted by molar-refractivity contribution is -0.117. The Kier molecular flexibility index (Phi) is 5.70. The number of ether oxygens (including phenoxy) is 1. The molecular weight excluding hydrogens is 507 g/mol. The lowest BCUT2D eigenvalue weighted by Crippen LogP contribution is -2.39. The Bertz CT molecular complexity index is 1920. The normalized spacial score (nSPS) is 15.5. The van der Waals surface area contributed by atoms with Crippen LogP contribution in [-0.4, -0.2) is 33.7 Å². The van der Waals surface area contributed by atoms with Gasteiger partial charge in [-0.3, -0.25) is 4.79 Å². The van der Waals surface area contributed by atoms with E-state index in [-0.39, 0.29) is 24.0 Å². The molecule has 0 fully saturated rings. The molecule has 4 aromatic rings. The molecule has 7 rings (SSSR count). The molecule has 2 aliphatic heterocycles. The number of H-pyrrole nitrogens is 1. The smallest absolute Gasteiger partial charge is 0.250 e. The fraction of sp³-hybridized carbons (Fsp3) is 0.188. The lowest BCUT2D eigenvalue weighted by Gasteiger charge is -2.26. The molecule has 3 aliphatic rings. The predicted octanol–water partition coefficient (Wildman–Crippen LogP) is 3.30. The highest BCUT2D eigenvalue weighted by Gasteiger charge is 2.26. The standard InChI is InChI=1S/C32H27FN4O3/c1-36-14-12-24(34-28(38)18-19-4-11-27-20(17-19)3-2-16-40-27)23-9-10-26-29-25(35-32(39)30(29)31(23)36)13-15-37(26)22-7-5-21(33)6-8-22/h4-14,17,35,39H,2-3,15-16,18H2,1H3. The summed E-state index contributed by atoms with van der Waals surface area (Å²) in [7, 11) is 1.90. The average molecular weight is 535 g/mol. The van der Waals surface area contributed by atoms with Gasteiger partial charge in [0.25, 0.3) is 5.91 Å². The van der Waals surface area contributed by atoms with Gasteiger partial charge >= 0.3 is 0 Å². The molecule has 4 heterocycles. The fourth-order valence-electron chi connectivity index (χ4n) is 5.88. The number of nitrogens with zero attached hydrogens (tertiary/aromatic N) is 3. The number of pyridine rings is 1. The number of aromatic amines is 1. The number of anilines is 1. The minimum Gasteiger partial charge on any atom is -0.494 e. The number of amides is 1. The van der Waals surface area contributed by atoms with Gasteiger partial charge in [0.1, 0.15) is 11.6 Å². The zero-order chi connectivity index (χ0) is 27.4. The van der Waals surface area contributed by atoms with E-state index in [1.807, 2.05) is 60.3 Å². The van der Waals surface area contributed by atoms with Gasteiger partial charge in [0.15, 0.2) is 5.88 Å². The third kappa shape index (κ3) is 4.04. The van der Waals surface area contributed by atoms with Crippen LogP contribution in [0.15, 0.2) is 65.8 Å². The Morgan fingerprint density at radius 1 is 1.15 bits per heavy atom. The van der Waals surface area contributed by atoms with Gasteiger partial charge in [-0.15, -0.1) is 0 Å². The minimum atomic E-state index is -0.300. The fourth-order valence-corrected chi connectivity index (χ4v) is 5.88. The van der Waals surface area contributed by atoms with Crippen molar-refractivity contribution in [1.29, 1.82) is 0 Å². The third-order valence-corrected chi connectivity index (χ3v) is 7.73. The molecule has 7 nitrogen and oxygen atoms in total. The molecule has 0 spiro atoms. The van der Waals surface area contributed by atoms with Gasteiger partial charge in [-0.1, -0.05) is 12.1 Å². The van der Waals surface area contributed by atoms with Crippen LogP contribution in [0.3, 0.4) is 0 Å². The summed E-state index contributed by atoms with van der Waals surface area (Å²) in [6.07, 6.45) is 9.87. The van der Waals surface area contributed by atoms with E-state index in [1.165, 1.54) is 12.1 Å². The van der Waals surface area contributed by atoms with E-state index in [4.69, 9.17) is 4.74 Å². The highest BCUT2D eigenvalue weighted by atomic mass is 19.1. The highest BCUT2D eigenvalue weighted by Crippen LogP contribution is 2.32. The van der Waals surface area contributed by atoms with Crippen molar-refractivity contribution in [2.24, 2.45) is 12.0 Å². The van der Waals surface area contributed by atoms with Gasteiger partial charge in [-0.05, 0) is 78.6 Å². The average Bonchev–Trinajstić information content (AvgIpc) is 3.16. The minimum absolute atomic E-state index is 0.0417. The maximum Gasteiger partial charge on any atom is 0.250 e. The molecule has 1 amide bonds. The monoisotopic (exact) mass is 534 g/mol. The third-order valence-electron chi connectivity index (χ3n) is 7.73. The van der Waals surface area contributed by atoms with E-state index >= 15 is 0 Å². The number of hydrogen-bond acceptors (Lipinski definition) is 4. The summed E-state index contributed by atoms with van der Waals surface area (Å²) >= 11 is 0. The number of nitrogens with one attached hydrogen (secondary N) is 1. The van der Waals surface area contributed by atoms with Crippen LogP contribution in [0.25, 0.3) is 29.1 Å². The number of rotatable bonds is 3. The second-order valence-corrected chi connectivity index (χ2v) is 10.3. The van der Waals surface area contributed by atoms with Crippen molar-refractivity contribution in [3.8, 4) is 22.9 Å². The van der Waals surface area contributed by atoms with Crippen LogP contribution in [0, 0.1) is 5.82 Å². The van der Waals surface area contributed by atoms with E-state index in [0.29, 0.717) is 17.5 Å². The Morgan fingerprint density at radius 3 is 2.85 bits per heavy atom. The Balaban J connectivity index is 1.33. The second-order valence-electron chi connectivity index (χ2n) is 10.3. The number of fused-ring (bicyclic) bond motifs is 3. The number of hydrogen-bond donors (Lipinski definition) is 2. The molecule has 1 aliphatic carbocycles. The molecule has 0 bridgehead atoms. The van der Waals surface area contributed by atoms with Gasteiger partial charge < -0.3 is 24.3 Å². The first-order chi connectivity index (χ1) is 19.5. The summed E-state index contributed by atoms with van der Waals surface area (Å²) in [6, 6.07) is 14.1. The molecule has 0 radical (unpaired) electrons. The van der Waals surface area contributed by atoms with Crippen molar-refractivity contribution in [3.63, 3.8) is 0 Å². The number of aromatic nitrogens is 2. The topological polar surface area (TPSA) is 82.9 Å². The van der Waals surface area contributed by atoms with Gasteiger partial charge in [0, 0.05) is 41.6 Å². The quantitative estimate of drug-likeness (QED) is 0.423. The molecule has 2 aromatic carbocycles. The Labute approximate surface area is 229 Å². The van der Waals surface area contributed by atoms with Gasteiger partial charge in [-0.25, -0.2) is 9.38 Å². The van der Waals surface area contributed by atoms with Crippen molar-refractivity contribution in [1.82, 2.24) is 9.55 Å². The zero-order valence-corrected chi connectivity index (χ0v) is 21.9. The molecule has 0 saturated heterocycles. The molecule has 2 N–H and O–H groups in total. The molecule has 200 valence electrons. The van der Waals surface area contributed by atoms with Crippen LogP contribution < -0.4 is 25.6 Å². The first-order valence-corrected chi connectivity index (χ1v) is 13.3. The van der Waals surface area contributed by atoms with Gasteiger partial charge in [0.2, 0.25) is 0 Å². The predicted molar refractivity (Wildman–Crippen MR) is 151 cm³/mol. The van der Waals surface area contributed by atoms with E-state index in [2.05, 4.69) is 14.9 Å². The van der Waals surface area contributed by atoms with Gasteiger partial charge in [-0.2, -0.15) is 0 Å². The van der Waals surface area contributed by atoms with Crippen molar-refractivity contribution in [3.05, 3.63) is 99.2 Å². The number of carbonyl (C=O) groups is 1. The summed E-state index contributed by atoms with van der Waals surface area (Å²) < 4.78 is 21.3. The zero-order valence-electron chi connectivity index (χ0n) is 21.9. The van der Waals surface area contributed by atoms with Crippen LogP contribution in [0.5, 0.6) is 11.6 Å². The molecule has 40 heavy (non-hydrogen) atoms. The van der Waals surface area contributed by atoms with Crippen LogP contribution in [0.1, 0.15) is 23.1 Å². The summed E-state index contributed by atoms with van der Waals surface area (Å²) in [5.74, 6) is 0.383. The molecule has 2 aromatic heterocycles.